The summed E-state index contributed by atoms with van der Waals surface area (Å²) in [5.74, 6) is 0. The predicted octanol–water partition coefficient (Wildman–Crippen LogP) is 2.52. The molecule has 2 rings (SSSR count). The number of hydrogen-bond acceptors (Lipinski definition) is 9. The fourth-order valence-corrected chi connectivity index (χ4v) is 20.8. The SMILES string of the molecule is CO[Si](CCC[Si]1(C)O[Si](C)O[Si](C)(CCCOCC2CO2)O[Si](C)O1)(OC)OC. The Morgan fingerprint density at radius 2 is 1.33 bits per heavy atom. The van der Waals surface area contributed by atoms with E-state index >= 15 is 0 Å². The lowest BCUT2D eigenvalue weighted by molar-refractivity contribution is 0.115. The minimum Gasteiger partial charge on any atom is -0.415 e. The molecule has 0 aliphatic carbocycles. The summed E-state index contributed by atoms with van der Waals surface area (Å²) in [5.41, 5.74) is 0. The third-order valence-corrected chi connectivity index (χ3v) is 22.0. The normalized spacial score (nSPS) is 31.5. The number of rotatable bonds is 13. The summed E-state index contributed by atoms with van der Waals surface area (Å²) in [7, 11) is -5.37. The molecule has 0 saturated carbocycles. The zero-order chi connectivity index (χ0) is 22.3. The Morgan fingerprint density at radius 3 is 1.77 bits per heavy atom. The molecular weight excluding hydrogens is 477 g/mol. The Hall–Kier alpha value is 0.724. The average Bonchev–Trinajstić information content (AvgIpc) is 3.48. The number of epoxide rings is 1. The molecule has 0 amide bonds. The first-order chi connectivity index (χ1) is 14.2. The molecule has 14 heteroatoms. The Balaban J connectivity index is 1.83. The standard InChI is InChI=1S/C16H38O9Si5/c1-17-30(18-2,19-3)13-9-12-29(7)24-26(4)22-28(6,23-27(5)25-29)11-8-10-20-14-16-15-21-16/h16H,8-15H2,1-7H3. The van der Waals surface area contributed by atoms with Crippen LogP contribution in [0.15, 0.2) is 0 Å². The lowest BCUT2D eigenvalue weighted by Crippen LogP contribution is -2.58. The van der Waals surface area contributed by atoms with Crippen molar-refractivity contribution in [2.24, 2.45) is 0 Å². The first-order valence-electron chi connectivity index (χ1n) is 10.4. The second kappa shape index (κ2) is 12.3. The maximum Gasteiger partial charge on any atom is 0.500 e. The van der Waals surface area contributed by atoms with Gasteiger partial charge in [-0.05, 0) is 51.1 Å². The van der Waals surface area contributed by atoms with Gasteiger partial charge in [-0.1, -0.05) is 0 Å². The molecule has 9 nitrogen and oxygen atoms in total. The van der Waals surface area contributed by atoms with Crippen LogP contribution in [0.3, 0.4) is 0 Å². The molecule has 0 spiro atoms. The van der Waals surface area contributed by atoms with Crippen LogP contribution in [-0.2, 0) is 39.2 Å². The lowest BCUT2D eigenvalue weighted by atomic mass is 10.5. The summed E-state index contributed by atoms with van der Waals surface area (Å²) in [6, 6.07) is 2.42. The van der Waals surface area contributed by atoms with E-state index in [9.17, 15) is 0 Å². The minimum atomic E-state index is -2.59. The molecule has 2 aliphatic heterocycles. The molecule has 2 heterocycles. The predicted molar refractivity (Wildman–Crippen MR) is 122 cm³/mol. The van der Waals surface area contributed by atoms with Crippen molar-refractivity contribution in [3.63, 3.8) is 0 Å². The van der Waals surface area contributed by atoms with Crippen LogP contribution in [0.1, 0.15) is 12.8 Å². The quantitative estimate of drug-likeness (QED) is 0.209. The van der Waals surface area contributed by atoms with Gasteiger partial charge in [-0.2, -0.15) is 0 Å². The molecular formula is C16H38O9Si5. The van der Waals surface area contributed by atoms with E-state index in [1.165, 1.54) is 0 Å². The van der Waals surface area contributed by atoms with Crippen LogP contribution >= 0.6 is 0 Å². The van der Waals surface area contributed by atoms with E-state index in [1.807, 2.05) is 13.1 Å². The third kappa shape index (κ3) is 8.93. The summed E-state index contributed by atoms with van der Waals surface area (Å²) in [6.07, 6.45) is 2.06. The van der Waals surface area contributed by atoms with Gasteiger partial charge in [0, 0.05) is 34.0 Å². The van der Waals surface area contributed by atoms with Crippen LogP contribution < -0.4 is 0 Å². The zero-order valence-electron chi connectivity index (χ0n) is 19.4. The van der Waals surface area contributed by atoms with Gasteiger partial charge in [0.15, 0.2) is 0 Å². The van der Waals surface area contributed by atoms with E-state index in [0.29, 0.717) is 19.3 Å². The summed E-state index contributed by atoms with van der Waals surface area (Å²) in [5, 5.41) is 0. The van der Waals surface area contributed by atoms with Crippen LogP contribution in [0, 0.1) is 0 Å². The second-order valence-corrected chi connectivity index (χ2v) is 21.8. The Kier molecular flexibility index (Phi) is 11.0. The van der Waals surface area contributed by atoms with Crippen molar-refractivity contribution in [2.45, 2.75) is 63.3 Å². The third-order valence-electron chi connectivity index (χ3n) is 5.11. The molecule has 2 radical (unpaired) electrons. The van der Waals surface area contributed by atoms with E-state index in [-0.39, 0.29) is 0 Å². The van der Waals surface area contributed by atoms with Gasteiger partial charge in [0.25, 0.3) is 0 Å². The number of ether oxygens (including phenoxy) is 2. The van der Waals surface area contributed by atoms with Gasteiger partial charge in [0.05, 0.1) is 13.2 Å². The first kappa shape index (κ1) is 27.0. The fraction of sp³-hybridized carbons (Fsp3) is 1.00. The minimum absolute atomic E-state index is 0.302. The highest BCUT2D eigenvalue weighted by molar-refractivity contribution is 6.85. The van der Waals surface area contributed by atoms with Crippen molar-refractivity contribution < 1.29 is 39.2 Å². The Labute approximate surface area is 188 Å². The Morgan fingerprint density at radius 1 is 0.867 bits per heavy atom. The van der Waals surface area contributed by atoms with Crippen LogP contribution in [0.2, 0.25) is 44.3 Å². The molecule has 0 N–H and O–H groups in total. The molecule has 0 bridgehead atoms. The van der Waals surface area contributed by atoms with Crippen molar-refractivity contribution in [1.29, 1.82) is 0 Å². The van der Waals surface area contributed by atoms with Crippen LogP contribution in [0.4, 0.5) is 0 Å². The lowest BCUT2D eigenvalue weighted by Gasteiger charge is -2.40. The molecule has 0 aromatic carbocycles. The average molecular weight is 515 g/mol. The zero-order valence-corrected chi connectivity index (χ0v) is 24.4. The second-order valence-electron chi connectivity index (χ2n) is 7.94. The summed E-state index contributed by atoms with van der Waals surface area (Å²) >= 11 is 0. The van der Waals surface area contributed by atoms with Gasteiger partial charge in [-0.3, -0.25) is 0 Å². The maximum absolute atomic E-state index is 6.45. The first-order valence-corrected chi connectivity index (χ1v) is 21.1. The van der Waals surface area contributed by atoms with Crippen molar-refractivity contribution in [3.05, 3.63) is 0 Å². The van der Waals surface area contributed by atoms with Crippen molar-refractivity contribution in [2.75, 3.05) is 41.2 Å². The monoisotopic (exact) mass is 514 g/mol. The summed E-state index contributed by atoms with van der Waals surface area (Å²) in [4.78, 5) is 0. The highest BCUT2D eigenvalue weighted by Crippen LogP contribution is 2.29. The van der Waals surface area contributed by atoms with Crippen molar-refractivity contribution in [3.8, 4) is 0 Å². The largest absolute Gasteiger partial charge is 0.500 e. The highest BCUT2D eigenvalue weighted by atomic mass is 28.5. The molecule has 1 atom stereocenters. The fourth-order valence-electron chi connectivity index (χ4n) is 3.56. The molecule has 0 aromatic rings. The molecule has 0 aromatic heterocycles. The smallest absolute Gasteiger partial charge is 0.415 e. The van der Waals surface area contributed by atoms with E-state index in [2.05, 4.69) is 13.1 Å². The van der Waals surface area contributed by atoms with Gasteiger partial charge < -0.3 is 39.2 Å². The molecule has 30 heavy (non-hydrogen) atoms. The molecule has 176 valence electrons. The van der Waals surface area contributed by atoms with Crippen LogP contribution in [-0.4, -0.2) is 91.7 Å². The van der Waals surface area contributed by atoms with E-state index in [1.54, 1.807) is 21.3 Å². The van der Waals surface area contributed by atoms with E-state index in [4.69, 9.17) is 39.2 Å². The van der Waals surface area contributed by atoms with Gasteiger partial charge in [-0.25, -0.2) is 0 Å². The topological polar surface area (TPSA) is 86.4 Å². The molecule has 2 aliphatic rings. The van der Waals surface area contributed by atoms with E-state index < -0.39 is 44.5 Å². The molecule has 2 saturated heterocycles. The van der Waals surface area contributed by atoms with E-state index in [0.717, 1.165) is 37.6 Å². The summed E-state index contributed by atoms with van der Waals surface area (Å²) < 4.78 is 53.1. The van der Waals surface area contributed by atoms with Crippen LogP contribution in [0.25, 0.3) is 0 Å². The highest BCUT2D eigenvalue weighted by Gasteiger charge is 2.47. The van der Waals surface area contributed by atoms with Gasteiger partial charge in [0.1, 0.15) is 6.10 Å². The number of hydrogen-bond donors (Lipinski definition) is 0. The van der Waals surface area contributed by atoms with Crippen LogP contribution in [0.5, 0.6) is 0 Å². The van der Waals surface area contributed by atoms with Gasteiger partial charge in [-0.15, -0.1) is 0 Å². The summed E-state index contributed by atoms with van der Waals surface area (Å²) in [6.45, 7) is 10.5. The molecule has 2 fully saturated rings. The van der Waals surface area contributed by atoms with Crippen molar-refractivity contribution in [1.82, 2.24) is 0 Å². The molecule has 1 unspecified atom stereocenters. The Bertz CT molecular complexity index is 487. The van der Waals surface area contributed by atoms with Gasteiger partial charge >= 0.3 is 44.5 Å². The van der Waals surface area contributed by atoms with Gasteiger partial charge in [0.2, 0.25) is 0 Å². The maximum atomic E-state index is 6.45. The van der Waals surface area contributed by atoms with Crippen molar-refractivity contribution >= 4 is 44.5 Å².